The van der Waals surface area contributed by atoms with Crippen molar-refractivity contribution in [3.05, 3.63) is 35.1 Å². The van der Waals surface area contributed by atoms with Gasteiger partial charge in [0.15, 0.2) is 0 Å². The SMILES string of the molecule is Cc1cc(F)ccc1C(C)(C)C#N. The summed E-state index contributed by atoms with van der Waals surface area (Å²) < 4.78 is 12.8. The van der Waals surface area contributed by atoms with Gasteiger partial charge in [-0.05, 0) is 44.0 Å². The molecule has 0 amide bonds. The Balaban J connectivity index is 3.26. The molecule has 1 nitrogen and oxygen atoms in total. The van der Waals surface area contributed by atoms with Crippen LogP contribution in [0.5, 0.6) is 0 Å². The van der Waals surface area contributed by atoms with Crippen LogP contribution < -0.4 is 0 Å². The van der Waals surface area contributed by atoms with Crippen molar-refractivity contribution in [1.29, 1.82) is 5.26 Å². The first-order valence-corrected chi connectivity index (χ1v) is 4.15. The number of nitrogens with zero attached hydrogens (tertiary/aromatic N) is 1. The lowest BCUT2D eigenvalue weighted by Crippen LogP contribution is -2.15. The van der Waals surface area contributed by atoms with Crippen molar-refractivity contribution in [2.45, 2.75) is 26.2 Å². The Morgan fingerprint density at radius 3 is 2.46 bits per heavy atom. The highest BCUT2D eigenvalue weighted by Crippen LogP contribution is 2.25. The minimum Gasteiger partial charge on any atom is -0.207 e. The maximum Gasteiger partial charge on any atom is 0.123 e. The lowest BCUT2D eigenvalue weighted by molar-refractivity contribution is 0.619. The second-order valence-electron chi connectivity index (χ2n) is 3.70. The largest absolute Gasteiger partial charge is 0.207 e. The molecule has 0 radical (unpaired) electrons. The number of aryl methyl sites for hydroxylation is 1. The van der Waals surface area contributed by atoms with Crippen molar-refractivity contribution in [3.63, 3.8) is 0 Å². The predicted octanol–water partition coefficient (Wildman–Crippen LogP) is 2.94. The summed E-state index contributed by atoms with van der Waals surface area (Å²) in [6, 6.07) is 6.71. The van der Waals surface area contributed by atoms with Crippen molar-refractivity contribution in [3.8, 4) is 6.07 Å². The molecule has 1 rings (SSSR count). The van der Waals surface area contributed by atoms with Crippen LogP contribution in [0, 0.1) is 24.1 Å². The Bertz CT molecular complexity index is 361. The number of halogens is 1. The van der Waals surface area contributed by atoms with E-state index < -0.39 is 5.41 Å². The maximum absolute atomic E-state index is 12.8. The minimum atomic E-state index is -0.544. The van der Waals surface area contributed by atoms with Gasteiger partial charge in [0.25, 0.3) is 0 Å². The first-order valence-electron chi connectivity index (χ1n) is 4.15. The number of nitriles is 1. The van der Waals surface area contributed by atoms with Gasteiger partial charge in [0, 0.05) is 0 Å². The molecule has 0 fully saturated rings. The average molecular weight is 177 g/mol. The Kier molecular flexibility index (Phi) is 2.38. The maximum atomic E-state index is 12.8. The lowest BCUT2D eigenvalue weighted by atomic mass is 9.83. The first kappa shape index (κ1) is 9.73. The summed E-state index contributed by atoms with van der Waals surface area (Å²) in [5, 5.41) is 8.90. The zero-order chi connectivity index (χ0) is 10.1. The minimum absolute atomic E-state index is 0.255. The number of hydrogen-bond donors (Lipinski definition) is 0. The monoisotopic (exact) mass is 177 g/mol. The second-order valence-corrected chi connectivity index (χ2v) is 3.70. The molecule has 0 N–H and O–H groups in total. The van der Waals surface area contributed by atoms with Crippen molar-refractivity contribution >= 4 is 0 Å². The van der Waals surface area contributed by atoms with Gasteiger partial charge in [-0.1, -0.05) is 6.07 Å². The van der Waals surface area contributed by atoms with E-state index in [1.54, 1.807) is 6.07 Å². The molecule has 0 aliphatic carbocycles. The van der Waals surface area contributed by atoms with Crippen LogP contribution in [0.2, 0.25) is 0 Å². The quantitative estimate of drug-likeness (QED) is 0.647. The van der Waals surface area contributed by atoms with Gasteiger partial charge in [0.05, 0.1) is 11.5 Å². The highest BCUT2D eigenvalue weighted by atomic mass is 19.1. The van der Waals surface area contributed by atoms with Gasteiger partial charge in [-0.15, -0.1) is 0 Å². The van der Waals surface area contributed by atoms with Gasteiger partial charge in [0.1, 0.15) is 5.82 Å². The molecule has 0 spiro atoms. The lowest BCUT2D eigenvalue weighted by Gasteiger charge is -2.18. The second kappa shape index (κ2) is 3.18. The van der Waals surface area contributed by atoms with Gasteiger partial charge in [-0.2, -0.15) is 5.26 Å². The molecule has 0 bridgehead atoms. The topological polar surface area (TPSA) is 23.8 Å². The van der Waals surface area contributed by atoms with Crippen LogP contribution in [-0.4, -0.2) is 0 Å². The molecule has 68 valence electrons. The predicted molar refractivity (Wildman–Crippen MR) is 49.8 cm³/mol. The Hall–Kier alpha value is -1.36. The molecular formula is C11H12FN. The Labute approximate surface area is 77.8 Å². The van der Waals surface area contributed by atoms with Crippen LogP contribution >= 0.6 is 0 Å². The zero-order valence-corrected chi connectivity index (χ0v) is 8.06. The van der Waals surface area contributed by atoms with Gasteiger partial charge in [-0.25, -0.2) is 4.39 Å². The Morgan fingerprint density at radius 2 is 2.00 bits per heavy atom. The molecule has 0 atom stereocenters. The first-order chi connectivity index (χ1) is 5.97. The van der Waals surface area contributed by atoms with Crippen molar-refractivity contribution in [2.24, 2.45) is 0 Å². The highest BCUT2D eigenvalue weighted by Gasteiger charge is 2.21. The molecule has 0 saturated heterocycles. The third kappa shape index (κ3) is 1.86. The molecule has 0 saturated carbocycles. The summed E-state index contributed by atoms with van der Waals surface area (Å²) in [6.07, 6.45) is 0. The fraction of sp³-hybridized carbons (Fsp3) is 0.364. The molecule has 1 aromatic rings. The molecule has 0 heterocycles. The van der Waals surface area contributed by atoms with E-state index >= 15 is 0 Å². The van der Waals surface area contributed by atoms with E-state index in [-0.39, 0.29) is 5.82 Å². The molecule has 13 heavy (non-hydrogen) atoms. The van der Waals surface area contributed by atoms with Crippen molar-refractivity contribution < 1.29 is 4.39 Å². The summed E-state index contributed by atoms with van der Waals surface area (Å²) >= 11 is 0. The van der Waals surface area contributed by atoms with Gasteiger partial charge in [-0.3, -0.25) is 0 Å². The number of hydrogen-bond acceptors (Lipinski definition) is 1. The third-order valence-electron chi connectivity index (χ3n) is 2.14. The van der Waals surface area contributed by atoms with Gasteiger partial charge >= 0.3 is 0 Å². The van der Waals surface area contributed by atoms with Crippen LogP contribution in [0.15, 0.2) is 18.2 Å². The molecule has 0 aliphatic rings. The van der Waals surface area contributed by atoms with E-state index in [1.165, 1.54) is 12.1 Å². The van der Waals surface area contributed by atoms with E-state index in [9.17, 15) is 4.39 Å². The van der Waals surface area contributed by atoms with Crippen LogP contribution in [0.25, 0.3) is 0 Å². The Morgan fingerprint density at radius 1 is 1.38 bits per heavy atom. The summed E-state index contributed by atoms with van der Waals surface area (Å²) in [4.78, 5) is 0. The van der Waals surface area contributed by atoms with Crippen LogP contribution in [-0.2, 0) is 5.41 Å². The van der Waals surface area contributed by atoms with E-state index in [0.29, 0.717) is 0 Å². The molecule has 2 heteroatoms. The summed E-state index contributed by atoms with van der Waals surface area (Å²) in [5.41, 5.74) is 1.17. The standard InChI is InChI=1S/C11H12FN/c1-8-6-9(12)4-5-10(8)11(2,3)7-13/h4-6H,1-3H3. The summed E-state index contributed by atoms with van der Waals surface area (Å²) in [7, 11) is 0. The molecule has 0 aromatic heterocycles. The van der Waals surface area contributed by atoms with E-state index in [2.05, 4.69) is 6.07 Å². The molecule has 1 aromatic carbocycles. The zero-order valence-electron chi connectivity index (χ0n) is 8.06. The smallest absolute Gasteiger partial charge is 0.123 e. The van der Waals surface area contributed by atoms with Crippen molar-refractivity contribution in [1.82, 2.24) is 0 Å². The van der Waals surface area contributed by atoms with E-state index in [1.807, 2.05) is 20.8 Å². The van der Waals surface area contributed by atoms with Crippen LogP contribution in [0.4, 0.5) is 4.39 Å². The molecular weight excluding hydrogens is 165 g/mol. The summed E-state index contributed by atoms with van der Waals surface area (Å²) in [5.74, 6) is -0.255. The fourth-order valence-electron chi connectivity index (χ4n) is 1.39. The van der Waals surface area contributed by atoms with Crippen molar-refractivity contribution in [2.75, 3.05) is 0 Å². The van der Waals surface area contributed by atoms with Gasteiger partial charge < -0.3 is 0 Å². The van der Waals surface area contributed by atoms with Crippen LogP contribution in [0.1, 0.15) is 25.0 Å². The highest BCUT2D eigenvalue weighted by molar-refractivity contribution is 5.37. The number of benzene rings is 1. The van der Waals surface area contributed by atoms with Crippen LogP contribution in [0.3, 0.4) is 0 Å². The molecule has 0 unspecified atom stereocenters. The third-order valence-corrected chi connectivity index (χ3v) is 2.14. The number of rotatable bonds is 1. The summed E-state index contributed by atoms with van der Waals surface area (Å²) in [6.45, 7) is 5.47. The average Bonchev–Trinajstić information content (AvgIpc) is 2.03. The molecule has 0 aliphatic heterocycles. The van der Waals surface area contributed by atoms with E-state index in [0.717, 1.165) is 11.1 Å². The fourth-order valence-corrected chi connectivity index (χ4v) is 1.39. The normalized spacial score (nSPS) is 11.0. The van der Waals surface area contributed by atoms with Gasteiger partial charge in [0.2, 0.25) is 0 Å². The van der Waals surface area contributed by atoms with E-state index in [4.69, 9.17) is 5.26 Å².